The lowest BCUT2D eigenvalue weighted by atomic mass is 10.1. The molecule has 2 rings (SSSR count). The van der Waals surface area contributed by atoms with Crippen molar-refractivity contribution in [2.75, 3.05) is 11.9 Å². The Morgan fingerprint density at radius 1 is 1.14 bits per heavy atom. The number of urea groups is 1. The molecule has 0 aliphatic carbocycles. The number of anilines is 1. The quantitative estimate of drug-likeness (QED) is 0.652. The molecule has 0 fully saturated rings. The number of nitro groups is 1. The predicted molar refractivity (Wildman–Crippen MR) is 85.3 cm³/mol. The SMILES string of the molecule is O=C(NCCc1ccccc1Cl)Nc1ccc([N+](=O)[O-])cc1. The number of halogens is 1. The summed E-state index contributed by atoms with van der Waals surface area (Å²) in [6.07, 6.45) is 0.618. The maximum atomic E-state index is 11.7. The summed E-state index contributed by atoms with van der Waals surface area (Å²) in [7, 11) is 0. The molecule has 2 aromatic carbocycles. The van der Waals surface area contributed by atoms with E-state index in [-0.39, 0.29) is 11.7 Å². The number of carbonyl (C=O) groups is 1. The van der Waals surface area contributed by atoms with Gasteiger partial charge in [0.2, 0.25) is 0 Å². The van der Waals surface area contributed by atoms with Gasteiger partial charge < -0.3 is 10.6 Å². The third-order valence-electron chi connectivity index (χ3n) is 2.97. The molecule has 2 amide bonds. The number of carbonyl (C=O) groups excluding carboxylic acids is 1. The van der Waals surface area contributed by atoms with Crippen LogP contribution < -0.4 is 10.6 Å². The van der Waals surface area contributed by atoms with Crippen molar-refractivity contribution in [3.05, 3.63) is 69.2 Å². The highest BCUT2D eigenvalue weighted by molar-refractivity contribution is 6.31. The van der Waals surface area contributed by atoms with E-state index in [1.54, 1.807) is 6.07 Å². The molecule has 0 saturated carbocycles. The second-order valence-corrected chi connectivity index (χ2v) is 4.93. The molecule has 0 unspecified atom stereocenters. The normalized spacial score (nSPS) is 10.0. The van der Waals surface area contributed by atoms with Gasteiger partial charge in [0.15, 0.2) is 0 Å². The maximum absolute atomic E-state index is 11.7. The van der Waals surface area contributed by atoms with Crippen LogP contribution >= 0.6 is 11.6 Å². The Hall–Kier alpha value is -2.60. The molecule has 2 N–H and O–H groups in total. The van der Waals surface area contributed by atoms with E-state index >= 15 is 0 Å². The summed E-state index contributed by atoms with van der Waals surface area (Å²) in [5, 5.41) is 16.5. The zero-order chi connectivity index (χ0) is 15.9. The van der Waals surface area contributed by atoms with Gasteiger partial charge in [0, 0.05) is 29.4 Å². The Bertz CT molecular complexity index is 674. The van der Waals surface area contributed by atoms with Gasteiger partial charge in [-0.25, -0.2) is 4.79 Å². The molecule has 7 heteroatoms. The summed E-state index contributed by atoms with van der Waals surface area (Å²) in [6.45, 7) is 0.433. The number of rotatable bonds is 5. The molecule has 0 bridgehead atoms. The second-order valence-electron chi connectivity index (χ2n) is 4.53. The Morgan fingerprint density at radius 3 is 2.45 bits per heavy atom. The summed E-state index contributed by atoms with van der Waals surface area (Å²) in [6, 6.07) is 12.7. The van der Waals surface area contributed by atoms with Gasteiger partial charge in [-0.2, -0.15) is 0 Å². The van der Waals surface area contributed by atoms with Crippen molar-refractivity contribution in [3.63, 3.8) is 0 Å². The highest BCUT2D eigenvalue weighted by Gasteiger charge is 2.06. The van der Waals surface area contributed by atoms with Crippen molar-refractivity contribution in [1.82, 2.24) is 5.32 Å². The van der Waals surface area contributed by atoms with Gasteiger partial charge >= 0.3 is 6.03 Å². The third kappa shape index (κ3) is 4.46. The van der Waals surface area contributed by atoms with Crippen molar-refractivity contribution >= 4 is 29.0 Å². The van der Waals surface area contributed by atoms with Crippen LogP contribution in [0.15, 0.2) is 48.5 Å². The van der Waals surface area contributed by atoms with Crippen LogP contribution in [0, 0.1) is 10.1 Å². The zero-order valence-corrected chi connectivity index (χ0v) is 12.3. The fourth-order valence-electron chi connectivity index (χ4n) is 1.85. The topological polar surface area (TPSA) is 84.3 Å². The van der Waals surface area contributed by atoms with Gasteiger partial charge in [0.25, 0.3) is 5.69 Å². The largest absolute Gasteiger partial charge is 0.338 e. The van der Waals surface area contributed by atoms with Crippen LogP contribution in [0.3, 0.4) is 0 Å². The number of nitro benzene ring substituents is 1. The lowest BCUT2D eigenvalue weighted by molar-refractivity contribution is -0.384. The lowest BCUT2D eigenvalue weighted by Gasteiger charge is -2.08. The summed E-state index contributed by atoms with van der Waals surface area (Å²) >= 11 is 6.03. The van der Waals surface area contributed by atoms with Crippen LogP contribution in [0.1, 0.15) is 5.56 Å². The molecule has 6 nitrogen and oxygen atoms in total. The lowest BCUT2D eigenvalue weighted by Crippen LogP contribution is -2.30. The van der Waals surface area contributed by atoms with Crippen LogP contribution in [0.25, 0.3) is 0 Å². The Balaban J connectivity index is 1.80. The fourth-order valence-corrected chi connectivity index (χ4v) is 2.08. The third-order valence-corrected chi connectivity index (χ3v) is 3.34. The molecule has 0 aliphatic heterocycles. The van der Waals surface area contributed by atoms with Crippen LogP contribution in [-0.2, 0) is 6.42 Å². The monoisotopic (exact) mass is 319 g/mol. The molecule has 0 heterocycles. The molecule has 2 aromatic rings. The average molecular weight is 320 g/mol. The van der Waals surface area contributed by atoms with Gasteiger partial charge in [-0.05, 0) is 30.2 Å². The molecular formula is C15H14ClN3O3. The maximum Gasteiger partial charge on any atom is 0.319 e. The number of hydrogen-bond donors (Lipinski definition) is 2. The van der Waals surface area contributed by atoms with E-state index in [0.717, 1.165) is 5.56 Å². The molecule has 0 radical (unpaired) electrons. The van der Waals surface area contributed by atoms with Crippen LogP contribution in [0.2, 0.25) is 5.02 Å². The summed E-state index contributed by atoms with van der Waals surface area (Å²) in [5.41, 5.74) is 1.42. The standard InChI is InChI=1S/C15H14ClN3O3/c16-14-4-2-1-3-11(14)9-10-17-15(20)18-12-5-7-13(8-6-12)19(21)22/h1-8H,9-10H2,(H2,17,18,20). The number of hydrogen-bond acceptors (Lipinski definition) is 3. The first kappa shape index (κ1) is 15.8. The number of amides is 2. The molecule has 0 aliphatic rings. The summed E-state index contributed by atoms with van der Waals surface area (Å²) < 4.78 is 0. The second kappa shape index (κ2) is 7.42. The Kier molecular flexibility index (Phi) is 5.32. The Labute approximate surface area is 132 Å². The van der Waals surface area contributed by atoms with Crippen LogP contribution in [-0.4, -0.2) is 17.5 Å². The first-order valence-electron chi connectivity index (χ1n) is 6.59. The molecule has 0 atom stereocenters. The minimum absolute atomic E-state index is 0.0234. The van der Waals surface area contributed by atoms with Gasteiger partial charge in [-0.15, -0.1) is 0 Å². The van der Waals surface area contributed by atoms with Gasteiger partial charge in [-0.1, -0.05) is 29.8 Å². The zero-order valence-electron chi connectivity index (χ0n) is 11.6. The molecule has 114 valence electrons. The van der Waals surface area contributed by atoms with E-state index in [4.69, 9.17) is 11.6 Å². The predicted octanol–water partition coefficient (Wildman–Crippen LogP) is 3.61. The van der Waals surface area contributed by atoms with E-state index in [1.807, 2.05) is 18.2 Å². The van der Waals surface area contributed by atoms with E-state index in [2.05, 4.69) is 10.6 Å². The summed E-state index contributed by atoms with van der Waals surface area (Å²) in [5.74, 6) is 0. The first-order valence-corrected chi connectivity index (χ1v) is 6.97. The smallest absolute Gasteiger partial charge is 0.319 e. The van der Waals surface area contributed by atoms with E-state index in [0.29, 0.717) is 23.7 Å². The molecular weight excluding hydrogens is 306 g/mol. The van der Waals surface area contributed by atoms with Crippen molar-refractivity contribution in [3.8, 4) is 0 Å². The minimum atomic E-state index is -0.493. The molecule has 0 spiro atoms. The average Bonchev–Trinajstić information content (AvgIpc) is 2.50. The van der Waals surface area contributed by atoms with Crippen LogP contribution in [0.5, 0.6) is 0 Å². The number of benzene rings is 2. The fraction of sp³-hybridized carbons (Fsp3) is 0.133. The van der Waals surface area contributed by atoms with Crippen molar-refractivity contribution in [2.24, 2.45) is 0 Å². The van der Waals surface area contributed by atoms with Crippen LogP contribution in [0.4, 0.5) is 16.2 Å². The Morgan fingerprint density at radius 2 is 1.82 bits per heavy atom. The van der Waals surface area contributed by atoms with Gasteiger partial charge in [0.1, 0.15) is 0 Å². The van der Waals surface area contributed by atoms with Crippen molar-refractivity contribution in [1.29, 1.82) is 0 Å². The molecule has 22 heavy (non-hydrogen) atoms. The van der Waals surface area contributed by atoms with E-state index < -0.39 is 4.92 Å². The minimum Gasteiger partial charge on any atom is -0.338 e. The molecule has 0 aromatic heterocycles. The first-order chi connectivity index (χ1) is 10.6. The van der Waals surface area contributed by atoms with E-state index in [1.165, 1.54) is 24.3 Å². The number of nitrogens with one attached hydrogen (secondary N) is 2. The highest BCUT2D eigenvalue weighted by atomic mass is 35.5. The van der Waals surface area contributed by atoms with Gasteiger partial charge in [-0.3, -0.25) is 10.1 Å². The van der Waals surface area contributed by atoms with Crippen molar-refractivity contribution < 1.29 is 9.72 Å². The highest BCUT2D eigenvalue weighted by Crippen LogP contribution is 2.16. The van der Waals surface area contributed by atoms with Crippen molar-refractivity contribution in [2.45, 2.75) is 6.42 Å². The van der Waals surface area contributed by atoms with Gasteiger partial charge in [0.05, 0.1) is 4.92 Å². The van der Waals surface area contributed by atoms with E-state index in [9.17, 15) is 14.9 Å². The number of nitrogens with zero attached hydrogens (tertiary/aromatic N) is 1. The summed E-state index contributed by atoms with van der Waals surface area (Å²) in [4.78, 5) is 21.8. The molecule has 0 saturated heterocycles. The number of non-ortho nitro benzene ring substituents is 1.